The Labute approximate surface area is 162 Å². The van der Waals surface area contributed by atoms with E-state index >= 15 is 0 Å². The lowest BCUT2D eigenvalue weighted by Gasteiger charge is -2.21. The molecule has 2 aromatic carbocycles. The number of hydrogen-bond acceptors (Lipinski definition) is 3. The quantitative estimate of drug-likeness (QED) is 0.750. The number of carbonyl (C=O) groups is 2. The lowest BCUT2D eigenvalue weighted by molar-refractivity contribution is -0.306. The summed E-state index contributed by atoms with van der Waals surface area (Å²) in [6.45, 7) is 6.09. The number of nitrogens with one attached hydrogen (secondary N) is 1. The summed E-state index contributed by atoms with van der Waals surface area (Å²) in [5, 5.41) is 14.0. The van der Waals surface area contributed by atoms with Crippen LogP contribution in [-0.4, -0.2) is 11.9 Å². The second kappa shape index (κ2) is 8.99. The molecule has 1 amide bonds. The van der Waals surface area contributed by atoms with Crippen molar-refractivity contribution >= 4 is 27.8 Å². The van der Waals surface area contributed by atoms with Gasteiger partial charge in [-0.3, -0.25) is 4.79 Å². The van der Waals surface area contributed by atoms with Gasteiger partial charge in [0.25, 0.3) is 5.91 Å². The molecular formula is C21H23BrNO3-. The first kappa shape index (κ1) is 20.2. The Kier molecular flexibility index (Phi) is 6.98. The Morgan fingerprint density at radius 1 is 1.08 bits per heavy atom. The van der Waals surface area contributed by atoms with E-state index < -0.39 is 12.0 Å². The van der Waals surface area contributed by atoms with Crippen LogP contribution in [-0.2, 0) is 17.6 Å². The molecule has 0 unspecified atom stereocenters. The van der Waals surface area contributed by atoms with Crippen molar-refractivity contribution in [2.45, 2.75) is 46.1 Å². The molecule has 26 heavy (non-hydrogen) atoms. The van der Waals surface area contributed by atoms with Gasteiger partial charge in [0.05, 0.1) is 6.04 Å². The molecule has 2 aromatic rings. The van der Waals surface area contributed by atoms with Gasteiger partial charge >= 0.3 is 0 Å². The molecule has 0 fully saturated rings. The van der Waals surface area contributed by atoms with Crippen molar-refractivity contribution in [1.82, 2.24) is 5.32 Å². The van der Waals surface area contributed by atoms with Crippen LogP contribution in [0.15, 0.2) is 40.9 Å². The molecule has 0 bridgehead atoms. The number of halogens is 1. The highest BCUT2D eigenvalue weighted by molar-refractivity contribution is 9.10. The minimum atomic E-state index is -1.20. The van der Waals surface area contributed by atoms with Crippen molar-refractivity contribution in [3.05, 3.63) is 68.7 Å². The molecular weight excluding hydrogens is 394 g/mol. The number of carboxylic acid groups (broad SMARTS) is 1. The molecule has 0 aromatic heterocycles. The fourth-order valence-corrected chi connectivity index (χ4v) is 3.31. The molecule has 0 heterocycles. The van der Waals surface area contributed by atoms with Gasteiger partial charge < -0.3 is 15.2 Å². The highest BCUT2D eigenvalue weighted by atomic mass is 79.9. The molecule has 0 saturated heterocycles. The van der Waals surface area contributed by atoms with Crippen LogP contribution in [0.3, 0.4) is 0 Å². The van der Waals surface area contributed by atoms with Gasteiger partial charge in [-0.25, -0.2) is 0 Å². The highest BCUT2D eigenvalue weighted by Gasteiger charge is 2.18. The number of amides is 1. The maximum atomic E-state index is 12.6. The largest absolute Gasteiger partial charge is 0.550 e. The van der Waals surface area contributed by atoms with Crippen LogP contribution < -0.4 is 10.4 Å². The van der Waals surface area contributed by atoms with Crippen molar-refractivity contribution < 1.29 is 14.7 Å². The first-order valence-corrected chi connectivity index (χ1v) is 9.53. The summed E-state index contributed by atoms with van der Waals surface area (Å²) in [5.41, 5.74) is 4.68. The van der Waals surface area contributed by atoms with Crippen LogP contribution in [0.2, 0.25) is 0 Å². The molecule has 2 rings (SSSR count). The van der Waals surface area contributed by atoms with E-state index in [9.17, 15) is 14.7 Å². The lowest BCUT2D eigenvalue weighted by Crippen LogP contribution is -2.34. The minimum absolute atomic E-state index is 0.270. The summed E-state index contributed by atoms with van der Waals surface area (Å²) >= 11 is 3.42. The van der Waals surface area contributed by atoms with E-state index in [2.05, 4.69) is 35.1 Å². The molecule has 0 aliphatic carbocycles. The molecule has 5 heteroatoms. The van der Waals surface area contributed by atoms with E-state index in [-0.39, 0.29) is 12.3 Å². The van der Waals surface area contributed by atoms with Crippen molar-refractivity contribution in [3.8, 4) is 0 Å². The fourth-order valence-electron chi connectivity index (χ4n) is 2.93. The Morgan fingerprint density at radius 3 is 2.35 bits per heavy atom. The number of carboxylic acids is 1. The van der Waals surface area contributed by atoms with Gasteiger partial charge in [-0.05, 0) is 54.2 Å². The van der Waals surface area contributed by atoms with E-state index in [0.29, 0.717) is 5.56 Å². The Hall–Kier alpha value is -2.14. The number of aryl methyl sites for hydroxylation is 3. The van der Waals surface area contributed by atoms with Crippen molar-refractivity contribution in [2.24, 2.45) is 0 Å². The molecule has 0 spiro atoms. The maximum absolute atomic E-state index is 12.6. The minimum Gasteiger partial charge on any atom is -0.550 e. The second-order valence-electron chi connectivity index (χ2n) is 6.30. The van der Waals surface area contributed by atoms with Crippen molar-refractivity contribution in [2.75, 3.05) is 0 Å². The SMILES string of the molecule is CCc1ccc([C@H](CC(=O)[O-])NC(=O)c2ccc(C)c(Br)c2)cc1CC. The predicted octanol–water partition coefficient (Wildman–Crippen LogP) is 3.49. The lowest BCUT2D eigenvalue weighted by atomic mass is 9.95. The summed E-state index contributed by atoms with van der Waals surface area (Å²) in [6, 6.07) is 10.5. The summed E-state index contributed by atoms with van der Waals surface area (Å²) in [5.74, 6) is -1.51. The number of hydrogen-bond donors (Lipinski definition) is 1. The molecule has 4 nitrogen and oxygen atoms in total. The molecule has 138 valence electrons. The number of aliphatic carboxylic acids is 1. The summed E-state index contributed by atoms with van der Waals surface area (Å²) in [6.07, 6.45) is 1.50. The van der Waals surface area contributed by atoms with Gasteiger partial charge in [-0.1, -0.05) is 54.0 Å². The third-order valence-electron chi connectivity index (χ3n) is 4.50. The van der Waals surface area contributed by atoms with Gasteiger partial charge in [0.1, 0.15) is 0 Å². The summed E-state index contributed by atoms with van der Waals surface area (Å²) in [7, 11) is 0. The first-order chi connectivity index (χ1) is 12.3. The van der Waals surface area contributed by atoms with Gasteiger partial charge in [0, 0.05) is 22.4 Å². The van der Waals surface area contributed by atoms with Gasteiger partial charge in [0.2, 0.25) is 0 Å². The smallest absolute Gasteiger partial charge is 0.251 e. The average Bonchev–Trinajstić information content (AvgIpc) is 2.62. The third kappa shape index (κ3) is 4.94. The van der Waals surface area contributed by atoms with Gasteiger partial charge in [-0.2, -0.15) is 0 Å². The average molecular weight is 417 g/mol. The standard InChI is InChI=1S/C21H24BrNO3/c1-4-14-8-9-16(10-15(14)5-2)19(12-20(24)25)23-21(26)17-7-6-13(3)18(22)11-17/h6-11,19H,4-5,12H2,1-3H3,(H,23,26)(H,24,25)/p-1/t19-/m0/s1. The van der Waals surface area contributed by atoms with Crippen LogP contribution in [0, 0.1) is 6.92 Å². The second-order valence-corrected chi connectivity index (χ2v) is 7.16. The van der Waals surface area contributed by atoms with Crippen molar-refractivity contribution in [1.29, 1.82) is 0 Å². The molecule has 1 N–H and O–H groups in total. The van der Waals surface area contributed by atoms with E-state index in [1.165, 1.54) is 11.1 Å². The third-order valence-corrected chi connectivity index (χ3v) is 5.36. The Morgan fingerprint density at radius 2 is 1.77 bits per heavy atom. The zero-order chi connectivity index (χ0) is 19.3. The van der Waals surface area contributed by atoms with Gasteiger partial charge in [0.15, 0.2) is 0 Å². The zero-order valence-corrected chi connectivity index (χ0v) is 16.9. The molecule has 1 atom stereocenters. The molecule has 0 aliphatic heterocycles. The van der Waals surface area contributed by atoms with E-state index in [4.69, 9.17) is 0 Å². The number of carbonyl (C=O) groups excluding carboxylic acids is 2. The predicted molar refractivity (Wildman–Crippen MR) is 104 cm³/mol. The highest BCUT2D eigenvalue weighted by Crippen LogP contribution is 2.23. The number of rotatable bonds is 7. The molecule has 0 radical (unpaired) electrons. The van der Waals surface area contributed by atoms with Crippen LogP contribution in [0.4, 0.5) is 0 Å². The van der Waals surface area contributed by atoms with Crippen LogP contribution in [0.5, 0.6) is 0 Å². The van der Waals surface area contributed by atoms with Crippen LogP contribution in [0.1, 0.15) is 58.9 Å². The van der Waals surface area contributed by atoms with Crippen molar-refractivity contribution in [3.63, 3.8) is 0 Å². The van der Waals surface area contributed by atoms with E-state index in [0.717, 1.165) is 28.4 Å². The van der Waals surface area contributed by atoms with E-state index in [1.807, 2.05) is 31.2 Å². The molecule has 0 saturated carbocycles. The normalized spacial score (nSPS) is 11.8. The Bertz CT molecular complexity index is 817. The summed E-state index contributed by atoms with van der Waals surface area (Å²) < 4.78 is 0.835. The van der Waals surface area contributed by atoms with E-state index in [1.54, 1.807) is 12.1 Å². The monoisotopic (exact) mass is 416 g/mol. The fraction of sp³-hybridized carbons (Fsp3) is 0.333. The summed E-state index contributed by atoms with van der Waals surface area (Å²) in [4.78, 5) is 23.8. The maximum Gasteiger partial charge on any atom is 0.251 e. The zero-order valence-electron chi connectivity index (χ0n) is 15.3. The van der Waals surface area contributed by atoms with Crippen LogP contribution >= 0.6 is 15.9 Å². The van der Waals surface area contributed by atoms with Crippen LogP contribution in [0.25, 0.3) is 0 Å². The molecule has 0 aliphatic rings. The van der Waals surface area contributed by atoms with Gasteiger partial charge in [-0.15, -0.1) is 0 Å². The Balaban J connectivity index is 2.31. The topological polar surface area (TPSA) is 69.2 Å². The first-order valence-electron chi connectivity index (χ1n) is 8.74. The number of benzene rings is 2.